The number of ketones is 1. The summed E-state index contributed by atoms with van der Waals surface area (Å²) in [7, 11) is 1.43. The topological polar surface area (TPSA) is 35.5 Å². The first kappa shape index (κ1) is 14.1. The normalized spacial score (nSPS) is 10.2. The molecule has 0 heterocycles. The van der Waals surface area contributed by atoms with E-state index in [2.05, 4.69) is 0 Å². The number of methoxy groups -OCH3 is 1. The van der Waals surface area contributed by atoms with E-state index in [-0.39, 0.29) is 23.7 Å². The number of Topliss-reactive ketones (excluding diaryl/α,β-unsaturated/α-hetero) is 1. The third-order valence-electron chi connectivity index (χ3n) is 2.87. The average Bonchev–Trinajstić information content (AvgIpc) is 2.46. The summed E-state index contributed by atoms with van der Waals surface area (Å²) in [6, 6.07) is 12.0. The van der Waals surface area contributed by atoms with Gasteiger partial charge in [-0.25, -0.2) is 4.39 Å². The number of carbonyl (C=O) groups is 1. The molecule has 0 fully saturated rings. The molecule has 0 spiro atoms. The van der Waals surface area contributed by atoms with Crippen molar-refractivity contribution in [2.75, 3.05) is 7.11 Å². The first-order chi connectivity index (χ1) is 9.61. The maximum atomic E-state index is 13.9. The molecular weight excluding hydrogens is 259 g/mol. The fourth-order valence-electron chi connectivity index (χ4n) is 1.82. The highest BCUT2D eigenvalue weighted by Gasteiger charge is 2.14. The van der Waals surface area contributed by atoms with E-state index in [1.807, 2.05) is 30.3 Å². The van der Waals surface area contributed by atoms with Gasteiger partial charge < -0.3 is 9.47 Å². The molecule has 0 aromatic heterocycles. The largest absolute Gasteiger partial charge is 0.496 e. The van der Waals surface area contributed by atoms with Gasteiger partial charge in [0.25, 0.3) is 0 Å². The SMILES string of the molecule is COc1cc(OCc2ccccc2)c(F)cc1C(C)=O. The van der Waals surface area contributed by atoms with E-state index >= 15 is 0 Å². The fraction of sp³-hybridized carbons (Fsp3) is 0.188. The summed E-state index contributed by atoms with van der Waals surface area (Å²) < 4.78 is 24.4. The van der Waals surface area contributed by atoms with Crippen LogP contribution in [0.25, 0.3) is 0 Å². The summed E-state index contributed by atoms with van der Waals surface area (Å²) in [5, 5.41) is 0. The van der Waals surface area contributed by atoms with Gasteiger partial charge in [0.1, 0.15) is 12.4 Å². The van der Waals surface area contributed by atoms with Crippen LogP contribution in [0.2, 0.25) is 0 Å². The van der Waals surface area contributed by atoms with Crippen molar-refractivity contribution in [2.24, 2.45) is 0 Å². The number of benzene rings is 2. The molecule has 0 unspecified atom stereocenters. The third-order valence-corrected chi connectivity index (χ3v) is 2.87. The Kier molecular flexibility index (Phi) is 4.35. The molecule has 0 atom stereocenters. The summed E-state index contributed by atoms with van der Waals surface area (Å²) in [5.41, 5.74) is 1.14. The highest BCUT2D eigenvalue weighted by Crippen LogP contribution is 2.29. The molecule has 20 heavy (non-hydrogen) atoms. The minimum Gasteiger partial charge on any atom is -0.496 e. The van der Waals surface area contributed by atoms with Gasteiger partial charge in [-0.05, 0) is 18.6 Å². The van der Waals surface area contributed by atoms with E-state index < -0.39 is 5.82 Å². The standard InChI is InChI=1S/C16H15FO3/c1-11(18)13-8-14(17)16(9-15(13)19-2)20-10-12-6-4-3-5-7-12/h3-9H,10H2,1-2H3. The number of carbonyl (C=O) groups excluding carboxylic acids is 1. The van der Waals surface area contributed by atoms with E-state index in [1.54, 1.807) is 0 Å². The van der Waals surface area contributed by atoms with Crippen molar-refractivity contribution < 1.29 is 18.7 Å². The van der Waals surface area contributed by atoms with Gasteiger partial charge in [-0.3, -0.25) is 4.79 Å². The van der Waals surface area contributed by atoms with E-state index in [9.17, 15) is 9.18 Å². The van der Waals surface area contributed by atoms with Crippen molar-refractivity contribution >= 4 is 5.78 Å². The highest BCUT2D eigenvalue weighted by atomic mass is 19.1. The first-order valence-corrected chi connectivity index (χ1v) is 6.17. The average molecular weight is 274 g/mol. The molecular formula is C16H15FO3. The van der Waals surface area contributed by atoms with Crippen LogP contribution in [0, 0.1) is 5.82 Å². The summed E-state index contributed by atoms with van der Waals surface area (Å²) in [6.45, 7) is 1.61. The number of ether oxygens (including phenoxy) is 2. The lowest BCUT2D eigenvalue weighted by Gasteiger charge is -2.11. The fourth-order valence-corrected chi connectivity index (χ4v) is 1.82. The van der Waals surface area contributed by atoms with Gasteiger partial charge >= 0.3 is 0 Å². The van der Waals surface area contributed by atoms with Gasteiger partial charge in [0.05, 0.1) is 12.7 Å². The summed E-state index contributed by atoms with van der Waals surface area (Å²) in [4.78, 5) is 11.4. The zero-order chi connectivity index (χ0) is 14.5. The first-order valence-electron chi connectivity index (χ1n) is 6.17. The van der Waals surface area contributed by atoms with Crippen molar-refractivity contribution in [3.63, 3.8) is 0 Å². The highest BCUT2D eigenvalue weighted by molar-refractivity contribution is 5.97. The van der Waals surface area contributed by atoms with Crippen molar-refractivity contribution in [2.45, 2.75) is 13.5 Å². The Balaban J connectivity index is 2.22. The molecule has 104 valence electrons. The predicted molar refractivity (Wildman–Crippen MR) is 73.7 cm³/mol. The zero-order valence-electron chi connectivity index (χ0n) is 11.4. The van der Waals surface area contributed by atoms with Crippen LogP contribution in [0.15, 0.2) is 42.5 Å². The van der Waals surface area contributed by atoms with E-state index in [4.69, 9.17) is 9.47 Å². The van der Waals surface area contributed by atoms with Crippen LogP contribution in [-0.4, -0.2) is 12.9 Å². The van der Waals surface area contributed by atoms with Crippen molar-refractivity contribution in [3.05, 3.63) is 59.4 Å². The minimum atomic E-state index is -0.577. The molecule has 0 aliphatic carbocycles. The van der Waals surface area contributed by atoms with Crippen LogP contribution in [0.1, 0.15) is 22.8 Å². The monoisotopic (exact) mass is 274 g/mol. The quantitative estimate of drug-likeness (QED) is 0.781. The Hall–Kier alpha value is -2.36. The molecule has 0 aliphatic rings. The van der Waals surface area contributed by atoms with Crippen LogP contribution in [0.4, 0.5) is 4.39 Å². The summed E-state index contributed by atoms with van der Waals surface area (Å²) >= 11 is 0. The summed E-state index contributed by atoms with van der Waals surface area (Å²) in [6.07, 6.45) is 0. The lowest BCUT2D eigenvalue weighted by atomic mass is 10.1. The van der Waals surface area contributed by atoms with Gasteiger partial charge in [0.15, 0.2) is 17.3 Å². The maximum Gasteiger partial charge on any atom is 0.166 e. The number of rotatable bonds is 5. The Labute approximate surface area is 117 Å². The second kappa shape index (κ2) is 6.19. The zero-order valence-corrected chi connectivity index (χ0v) is 11.4. The summed E-state index contributed by atoms with van der Waals surface area (Å²) in [5.74, 6) is -0.458. The van der Waals surface area contributed by atoms with Crippen LogP contribution < -0.4 is 9.47 Å². The van der Waals surface area contributed by atoms with Gasteiger partial charge in [-0.15, -0.1) is 0 Å². The third kappa shape index (κ3) is 3.15. The molecule has 0 saturated carbocycles. The van der Waals surface area contributed by atoms with Crippen molar-refractivity contribution in [1.82, 2.24) is 0 Å². The Morgan fingerprint density at radius 1 is 1.15 bits per heavy atom. The molecule has 2 rings (SSSR count). The smallest absolute Gasteiger partial charge is 0.166 e. The molecule has 0 radical (unpaired) electrons. The van der Waals surface area contributed by atoms with Crippen LogP contribution in [0.3, 0.4) is 0 Å². The van der Waals surface area contributed by atoms with Crippen LogP contribution >= 0.6 is 0 Å². The number of hydrogen-bond acceptors (Lipinski definition) is 3. The molecule has 2 aromatic carbocycles. The number of hydrogen-bond donors (Lipinski definition) is 0. The van der Waals surface area contributed by atoms with Crippen molar-refractivity contribution in [1.29, 1.82) is 0 Å². The second-order valence-electron chi connectivity index (χ2n) is 4.31. The lowest BCUT2D eigenvalue weighted by molar-refractivity contribution is 0.101. The van der Waals surface area contributed by atoms with E-state index in [1.165, 1.54) is 20.1 Å². The molecule has 3 nitrogen and oxygen atoms in total. The Morgan fingerprint density at radius 2 is 1.85 bits per heavy atom. The van der Waals surface area contributed by atoms with Gasteiger partial charge in [0, 0.05) is 6.07 Å². The number of halogens is 1. The molecule has 4 heteroatoms. The molecule has 0 aliphatic heterocycles. The van der Waals surface area contributed by atoms with Crippen LogP contribution in [0.5, 0.6) is 11.5 Å². The van der Waals surface area contributed by atoms with Gasteiger partial charge in [-0.1, -0.05) is 30.3 Å². The predicted octanol–water partition coefficient (Wildman–Crippen LogP) is 3.62. The lowest BCUT2D eigenvalue weighted by Crippen LogP contribution is -2.02. The van der Waals surface area contributed by atoms with Crippen LogP contribution in [-0.2, 0) is 6.61 Å². The van der Waals surface area contributed by atoms with Gasteiger partial charge in [0.2, 0.25) is 0 Å². The van der Waals surface area contributed by atoms with Crippen molar-refractivity contribution in [3.8, 4) is 11.5 Å². The molecule has 0 saturated heterocycles. The molecule has 0 bridgehead atoms. The minimum absolute atomic E-state index is 0.0655. The Bertz CT molecular complexity index is 609. The molecule has 0 amide bonds. The molecule has 2 aromatic rings. The second-order valence-corrected chi connectivity index (χ2v) is 4.31. The maximum absolute atomic E-state index is 13.9. The van der Waals surface area contributed by atoms with Gasteiger partial charge in [-0.2, -0.15) is 0 Å². The van der Waals surface area contributed by atoms with E-state index in [0.717, 1.165) is 11.6 Å². The van der Waals surface area contributed by atoms with E-state index in [0.29, 0.717) is 5.75 Å². The Morgan fingerprint density at radius 3 is 2.45 bits per heavy atom. The molecule has 0 N–H and O–H groups in total.